The topological polar surface area (TPSA) is 29.5 Å². The van der Waals surface area contributed by atoms with E-state index in [0.29, 0.717) is 5.75 Å². The first-order chi connectivity index (χ1) is 13.7. The van der Waals surface area contributed by atoms with Crippen molar-refractivity contribution in [2.45, 2.75) is 34.6 Å². The summed E-state index contributed by atoms with van der Waals surface area (Å²) in [6.45, 7) is 10.0. The molecule has 0 atom stereocenters. The Morgan fingerprint density at radius 3 is 1.48 bits per heavy atom. The van der Waals surface area contributed by atoms with Crippen LogP contribution < -0.4 is 9.64 Å². The summed E-state index contributed by atoms with van der Waals surface area (Å²) in [5, 5.41) is 0. The van der Waals surface area contributed by atoms with Crippen LogP contribution in [0.1, 0.15) is 34.6 Å². The first-order valence-corrected chi connectivity index (χ1v) is 9.93. The second-order valence-electron chi connectivity index (χ2n) is 8.76. The molecule has 0 unspecified atom stereocenters. The van der Waals surface area contributed by atoms with E-state index in [4.69, 9.17) is 4.74 Å². The highest BCUT2D eigenvalue weighted by Crippen LogP contribution is 2.40. The van der Waals surface area contributed by atoms with Crippen molar-refractivity contribution in [3.05, 3.63) is 84.9 Å². The van der Waals surface area contributed by atoms with E-state index < -0.39 is 5.41 Å². The number of para-hydroxylation sites is 2. The minimum atomic E-state index is -0.591. The molecule has 0 aliphatic rings. The van der Waals surface area contributed by atoms with Gasteiger partial charge in [-0.2, -0.15) is 0 Å². The molecule has 0 spiro atoms. The molecule has 3 nitrogen and oxygen atoms in total. The van der Waals surface area contributed by atoms with Gasteiger partial charge in [-0.3, -0.25) is 4.79 Å². The van der Waals surface area contributed by atoms with Gasteiger partial charge in [0.05, 0.1) is 5.41 Å². The van der Waals surface area contributed by atoms with Gasteiger partial charge in [0.15, 0.2) is 0 Å². The van der Waals surface area contributed by atoms with Crippen molar-refractivity contribution in [3.63, 3.8) is 0 Å². The van der Waals surface area contributed by atoms with Crippen molar-refractivity contribution < 1.29 is 9.53 Å². The highest BCUT2D eigenvalue weighted by atomic mass is 16.5. The van der Waals surface area contributed by atoms with Crippen LogP contribution in [0.3, 0.4) is 0 Å². The Bertz CT molecular complexity index is 900. The predicted octanol–water partition coefficient (Wildman–Crippen LogP) is 7.13. The van der Waals surface area contributed by atoms with Crippen molar-refractivity contribution >= 4 is 23.0 Å². The number of carbonyl (C=O) groups is 1. The summed E-state index contributed by atoms with van der Waals surface area (Å²) >= 11 is 0. The molecule has 0 radical (unpaired) electrons. The van der Waals surface area contributed by atoms with Crippen LogP contribution in [-0.2, 0) is 4.79 Å². The van der Waals surface area contributed by atoms with E-state index in [0.717, 1.165) is 17.1 Å². The number of hydrogen-bond acceptors (Lipinski definition) is 3. The minimum absolute atomic E-state index is 0.193. The van der Waals surface area contributed by atoms with Crippen LogP contribution in [0.25, 0.3) is 0 Å². The molecular weight excluding hydrogens is 358 g/mol. The van der Waals surface area contributed by atoms with Gasteiger partial charge < -0.3 is 9.64 Å². The monoisotopic (exact) mass is 387 g/mol. The lowest BCUT2D eigenvalue weighted by Crippen LogP contribution is -2.40. The normalized spacial score (nSPS) is 11.8. The zero-order valence-electron chi connectivity index (χ0n) is 17.8. The summed E-state index contributed by atoms with van der Waals surface area (Å²) in [5.41, 5.74) is 2.35. The summed E-state index contributed by atoms with van der Waals surface area (Å²) < 4.78 is 5.69. The molecule has 0 aromatic heterocycles. The van der Waals surface area contributed by atoms with Crippen LogP contribution in [0.4, 0.5) is 17.1 Å². The summed E-state index contributed by atoms with van der Waals surface area (Å²) in [7, 11) is 0. The highest BCUT2D eigenvalue weighted by Gasteiger charge is 2.41. The number of ether oxygens (including phenoxy) is 1. The third-order valence-corrected chi connectivity index (χ3v) is 5.72. The van der Waals surface area contributed by atoms with E-state index in [2.05, 4.69) is 49.9 Å². The quantitative estimate of drug-likeness (QED) is 0.344. The molecule has 0 aliphatic carbocycles. The first-order valence-electron chi connectivity index (χ1n) is 9.93. The minimum Gasteiger partial charge on any atom is -0.426 e. The van der Waals surface area contributed by atoms with Crippen LogP contribution >= 0.6 is 0 Å². The van der Waals surface area contributed by atoms with Crippen LogP contribution in [0.5, 0.6) is 5.75 Å². The zero-order valence-corrected chi connectivity index (χ0v) is 17.8. The molecule has 150 valence electrons. The molecule has 0 saturated carbocycles. The van der Waals surface area contributed by atoms with E-state index in [1.54, 1.807) is 0 Å². The SMILES string of the molecule is CC(C)(C)C(C)(C)C(=O)Oc1ccc(N(c2ccccc2)c2ccccc2)cc1. The van der Waals surface area contributed by atoms with Gasteiger partial charge in [0.2, 0.25) is 0 Å². The Morgan fingerprint density at radius 1 is 0.655 bits per heavy atom. The van der Waals surface area contributed by atoms with Gasteiger partial charge in [-0.15, -0.1) is 0 Å². The maximum atomic E-state index is 12.7. The van der Waals surface area contributed by atoms with Crippen LogP contribution in [0.2, 0.25) is 0 Å². The number of nitrogens with zero attached hydrogens (tertiary/aromatic N) is 1. The van der Waals surface area contributed by atoms with Crippen LogP contribution in [0, 0.1) is 10.8 Å². The van der Waals surface area contributed by atoms with Crippen molar-refractivity contribution in [2.75, 3.05) is 4.90 Å². The zero-order chi connectivity index (χ0) is 21.1. The van der Waals surface area contributed by atoms with E-state index in [1.807, 2.05) is 74.5 Å². The van der Waals surface area contributed by atoms with Gasteiger partial charge in [0, 0.05) is 17.1 Å². The fraction of sp³-hybridized carbons (Fsp3) is 0.269. The van der Waals surface area contributed by atoms with Gasteiger partial charge in [-0.25, -0.2) is 0 Å². The molecule has 3 aromatic rings. The molecule has 0 saturated heterocycles. The average molecular weight is 388 g/mol. The standard InChI is InChI=1S/C26H29NO2/c1-25(2,3)26(4,5)24(28)29-23-18-16-22(17-19-23)27(20-12-8-6-9-13-20)21-14-10-7-11-15-21/h6-19H,1-5H3. The Balaban J connectivity index is 1.88. The first kappa shape index (κ1) is 20.7. The van der Waals surface area contributed by atoms with Gasteiger partial charge in [0.25, 0.3) is 0 Å². The number of esters is 1. The molecule has 3 heteroatoms. The van der Waals surface area contributed by atoms with Gasteiger partial charge in [-0.05, 0) is 67.8 Å². The molecule has 3 aromatic carbocycles. The Morgan fingerprint density at radius 2 is 1.07 bits per heavy atom. The van der Waals surface area contributed by atoms with Crippen molar-refractivity contribution in [1.82, 2.24) is 0 Å². The van der Waals surface area contributed by atoms with E-state index in [9.17, 15) is 4.79 Å². The molecule has 0 bridgehead atoms. The Kier molecular flexibility index (Phi) is 5.78. The summed E-state index contributed by atoms with van der Waals surface area (Å²) in [5.74, 6) is 0.331. The number of benzene rings is 3. The lowest BCUT2D eigenvalue weighted by molar-refractivity contribution is -0.150. The molecule has 0 amide bonds. The second-order valence-corrected chi connectivity index (χ2v) is 8.76. The molecular formula is C26H29NO2. The fourth-order valence-electron chi connectivity index (χ4n) is 2.81. The van der Waals surface area contributed by atoms with Gasteiger partial charge >= 0.3 is 5.97 Å². The maximum absolute atomic E-state index is 12.7. The predicted molar refractivity (Wildman–Crippen MR) is 120 cm³/mol. The Labute approximate surface area is 174 Å². The van der Waals surface area contributed by atoms with Crippen LogP contribution in [-0.4, -0.2) is 5.97 Å². The number of hydrogen-bond donors (Lipinski definition) is 0. The second kappa shape index (κ2) is 8.12. The summed E-state index contributed by atoms with van der Waals surface area (Å²) in [6, 6.07) is 28.1. The lowest BCUT2D eigenvalue weighted by atomic mass is 9.69. The fourth-order valence-corrected chi connectivity index (χ4v) is 2.81. The molecule has 0 N–H and O–H groups in total. The largest absolute Gasteiger partial charge is 0.426 e. The average Bonchev–Trinajstić information content (AvgIpc) is 2.70. The third kappa shape index (κ3) is 4.51. The van der Waals surface area contributed by atoms with Gasteiger partial charge in [-0.1, -0.05) is 57.2 Å². The van der Waals surface area contributed by atoms with E-state index in [-0.39, 0.29) is 11.4 Å². The molecule has 0 heterocycles. The molecule has 0 aliphatic heterocycles. The number of anilines is 3. The summed E-state index contributed by atoms with van der Waals surface area (Å²) in [4.78, 5) is 14.9. The van der Waals surface area contributed by atoms with Gasteiger partial charge in [0.1, 0.15) is 5.75 Å². The van der Waals surface area contributed by atoms with Crippen LogP contribution in [0.15, 0.2) is 84.9 Å². The smallest absolute Gasteiger partial charge is 0.317 e. The van der Waals surface area contributed by atoms with E-state index in [1.165, 1.54) is 0 Å². The molecule has 0 fully saturated rings. The molecule has 29 heavy (non-hydrogen) atoms. The third-order valence-electron chi connectivity index (χ3n) is 5.72. The van der Waals surface area contributed by atoms with E-state index >= 15 is 0 Å². The van der Waals surface area contributed by atoms with Crippen molar-refractivity contribution in [2.24, 2.45) is 10.8 Å². The van der Waals surface area contributed by atoms with Crippen molar-refractivity contribution in [3.8, 4) is 5.75 Å². The number of carbonyl (C=O) groups excluding carboxylic acids is 1. The highest BCUT2D eigenvalue weighted by molar-refractivity contribution is 5.80. The summed E-state index contributed by atoms with van der Waals surface area (Å²) in [6.07, 6.45) is 0. The lowest BCUT2D eigenvalue weighted by Gasteiger charge is -2.36. The molecule has 3 rings (SSSR count). The Hall–Kier alpha value is -3.07. The maximum Gasteiger partial charge on any atom is 0.317 e. The number of rotatable bonds is 5. The van der Waals surface area contributed by atoms with Crippen molar-refractivity contribution in [1.29, 1.82) is 0 Å².